The maximum absolute atomic E-state index is 13.0. The molecule has 1 fully saturated rings. The third-order valence-corrected chi connectivity index (χ3v) is 5.85. The number of rotatable bonds is 4. The lowest BCUT2D eigenvalue weighted by atomic mass is 10.2. The van der Waals surface area contributed by atoms with Crippen molar-refractivity contribution in [2.24, 2.45) is 7.05 Å². The van der Waals surface area contributed by atoms with Gasteiger partial charge >= 0.3 is 0 Å². The second-order valence-electron chi connectivity index (χ2n) is 8.46. The van der Waals surface area contributed by atoms with Gasteiger partial charge in [-0.25, -0.2) is 15.0 Å². The van der Waals surface area contributed by atoms with Gasteiger partial charge in [0.2, 0.25) is 0 Å². The van der Waals surface area contributed by atoms with Crippen LogP contribution in [0.3, 0.4) is 0 Å². The predicted octanol–water partition coefficient (Wildman–Crippen LogP) is 2.74. The Hall–Kier alpha value is -3.85. The topological polar surface area (TPSA) is 92.1 Å². The molecule has 0 aromatic carbocycles. The first-order valence-corrected chi connectivity index (χ1v) is 10.9. The normalized spacial score (nSPS) is 14.6. The molecule has 0 radical (unpaired) electrons. The molecule has 1 N–H and O–H groups in total. The van der Waals surface area contributed by atoms with Gasteiger partial charge in [-0.3, -0.25) is 9.48 Å². The van der Waals surface area contributed by atoms with Crippen LogP contribution in [0.4, 0.5) is 11.6 Å². The zero-order valence-electron chi connectivity index (χ0n) is 19.0. The lowest BCUT2D eigenvalue weighted by molar-refractivity contribution is 0.102. The summed E-state index contributed by atoms with van der Waals surface area (Å²) in [6.07, 6.45) is 5.42. The summed E-state index contributed by atoms with van der Waals surface area (Å²) in [5.41, 5.74) is 3.89. The van der Waals surface area contributed by atoms with Crippen molar-refractivity contribution >= 4 is 28.4 Å². The van der Waals surface area contributed by atoms with Gasteiger partial charge in [0.15, 0.2) is 0 Å². The third-order valence-electron chi connectivity index (χ3n) is 5.85. The highest BCUT2D eigenvalue weighted by molar-refractivity contribution is 6.05. The number of fused-ring (bicyclic) bond motifs is 1. The van der Waals surface area contributed by atoms with E-state index in [1.807, 2.05) is 38.4 Å². The van der Waals surface area contributed by atoms with Crippen molar-refractivity contribution in [2.45, 2.75) is 6.92 Å². The van der Waals surface area contributed by atoms with Crippen LogP contribution in [0.25, 0.3) is 22.2 Å². The Labute approximate surface area is 192 Å². The molecule has 5 heterocycles. The Morgan fingerprint density at radius 2 is 1.82 bits per heavy atom. The Bertz CT molecular complexity index is 1320. The molecule has 4 aromatic rings. The first-order chi connectivity index (χ1) is 15.9. The monoisotopic (exact) mass is 442 g/mol. The zero-order chi connectivity index (χ0) is 22.9. The standard InChI is InChI=1S/C24H26N8O/c1-16-10-18(11-23(27-16)32-8-6-30(2)7-9-32)24(33)29-22-12-21-17(13-25-22)4-5-20(28-21)19-14-26-31(3)15-19/h4-5,10-15H,6-9H2,1-3H3,(H,25,29,33). The molecule has 4 aromatic heterocycles. The molecule has 0 unspecified atom stereocenters. The van der Waals surface area contributed by atoms with E-state index >= 15 is 0 Å². The highest BCUT2D eigenvalue weighted by Crippen LogP contribution is 2.22. The number of aromatic nitrogens is 5. The van der Waals surface area contributed by atoms with E-state index in [-0.39, 0.29) is 5.91 Å². The molecule has 1 aliphatic heterocycles. The van der Waals surface area contributed by atoms with Crippen LogP contribution in [-0.2, 0) is 7.05 Å². The van der Waals surface area contributed by atoms with Gasteiger partial charge in [-0.05, 0) is 38.2 Å². The van der Waals surface area contributed by atoms with Crippen molar-refractivity contribution in [1.29, 1.82) is 0 Å². The van der Waals surface area contributed by atoms with Crippen LogP contribution in [0.15, 0.2) is 48.9 Å². The first-order valence-electron chi connectivity index (χ1n) is 10.9. The summed E-state index contributed by atoms with van der Waals surface area (Å²) in [6.45, 7) is 5.66. The fraction of sp³-hybridized carbons (Fsp3) is 0.292. The van der Waals surface area contributed by atoms with Gasteiger partial charge in [-0.1, -0.05) is 0 Å². The van der Waals surface area contributed by atoms with Crippen molar-refractivity contribution in [3.8, 4) is 11.3 Å². The number of amides is 1. The number of carbonyl (C=O) groups excluding carboxylic acids is 1. The number of pyridine rings is 3. The van der Waals surface area contributed by atoms with Crippen molar-refractivity contribution < 1.29 is 4.79 Å². The molecule has 5 rings (SSSR count). The quantitative estimate of drug-likeness (QED) is 0.520. The van der Waals surface area contributed by atoms with E-state index in [9.17, 15) is 4.79 Å². The Balaban J connectivity index is 1.38. The molecule has 33 heavy (non-hydrogen) atoms. The maximum Gasteiger partial charge on any atom is 0.257 e. The largest absolute Gasteiger partial charge is 0.354 e. The summed E-state index contributed by atoms with van der Waals surface area (Å²) in [5.74, 6) is 1.08. The molecular weight excluding hydrogens is 416 g/mol. The zero-order valence-corrected chi connectivity index (χ0v) is 19.0. The average Bonchev–Trinajstić information content (AvgIpc) is 3.25. The van der Waals surface area contributed by atoms with Crippen LogP contribution >= 0.6 is 0 Å². The Kier molecular flexibility index (Phi) is 5.47. The van der Waals surface area contributed by atoms with E-state index in [0.29, 0.717) is 11.4 Å². The molecule has 0 spiro atoms. The summed E-state index contributed by atoms with van der Waals surface area (Å²) in [6, 6.07) is 9.36. The average molecular weight is 443 g/mol. The lowest BCUT2D eigenvalue weighted by Gasteiger charge is -2.33. The van der Waals surface area contributed by atoms with Crippen molar-refractivity contribution in [2.75, 3.05) is 43.4 Å². The van der Waals surface area contributed by atoms with Gasteiger partial charge in [0.25, 0.3) is 5.91 Å². The fourth-order valence-electron chi connectivity index (χ4n) is 3.97. The number of nitrogens with zero attached hydrogens (tertiary/aromatic N) is 7. The maximum atomic E-state index is 13.0. The highest BCUT2D eigenvalue weighted by Gasteiger charge is 2.18. The van der Waals surface area contributed by atoms with Crippen LogP contribution in [0.5, 0.6) is 0 Å². The fourth-order valence-corrected chi connectivity index (χ4v) is 3.97. The van der Waals surface area contributed by atoms with Gasteiger partial charge in [-0.2, -0.15) is 5.10 Å². The van der Waals surface area contributed by atoms with Crippen LogP contribution < -0.4 is 10.2 Å². The van der Waals surface area contributed by atoms with Crippen molar-refractivity contribution in [3.05, 3.63) is 60.2 Å². The molecular formula is C24H26N8O. The van der Waals surface area contributed by atoms with E-state index in [4.69, 9.17) is 4.98 Å². The number of hydrogen-bond acceptors (Lipinski definition) is 7. The summed E-state index contributed by atoms with van der Waals surface area (Å²) in [5, 5.41) is 8.03. The van der Waals surface area contributed by atoms with Gasteiger partial charge in [0, 0.05) is 73.9 Å². The van der Waals surface area contributed by atoms with Gasteiger partial charge < -0.3 is 15.1 Å². The van der Waals surface area contributed by atoms with Gasteiger partial charge in [0.05, 0.1) is 17.4 Å². The van der Waals surface area contributed by atoms with Crippen LogP contribution in [0.1, 0.15) is 16.1 Å². The first kappa shape index (κ1) is 21.0. The van der Waals surface area contributed by atoms with E-state index in [2.05, 4.69) is 37.2 Å². The molecule has 168 valence electrons. The van der Waals surface area contributed by atoms with Crippen molar-refractivity contribution in [1.82, 2.24) is 29.6 Å². The number of anilines is 2. The second kappa shape index (κ2) is 8.59. The number of carbonyl (C=O) groups is 1. The molecule has 0 aliphatic carbocycles. The van der Waals surface area contributed by atoms with Crippen LogP contribution in [0.2, 0.25) is 0 Å². The number of nitrogens with one attached hydrogen (secondary N) is 1. The summed E-state index contributed by atoms with van der Waals surface area (Å²) < 4.78 is 1.74. The molecule has 0 bridgehead atoms. The van der Waals surface area contributed by atoms with E-state index < -0.39 is 0 Å². The van der Waals surface area contributed by atoms with Gasteiger partial charge in [-0.15, -0.1) is 0 Å². The predicted molar refractivity (Wildman–Crippen MR) is 128 cm³/mol. The third kappa shape index (κ3) is 4.54. The minimum Gasteiger partial charge on any atom is -0.354 e. The molecule has 1 saturated heterocycles. The molecule has 0 saturated carbocycles. The molecule has 9 nitrogen and oxygen atoms in total. The summed E-state index contributed by atoms with van der Waals surface area (Å²) in [7, 11) is 3.99. The summed E-state index contributed by atoms with van der Waals surface area (Å²) >= 11 is 0. The van der Waals surface area contributed by atoms with E-state index in [0.717, 1.165) is 59.9 Å². The Morgan fingerprint density at radius 3 is 2.58 bits per heavy atom. The minimum absolute atomic E-state index is 0.217. The van der Waals surface area contributed by atoms with Crippen molar-refractivity contribution in [3.63, 3.8) is 0 Å². The number of likely N-dealkylation sites (N-methyl/N-ethyl adjacent to an activating group) is 1. The lowest BCUT2D eigenvalue weighted by Crippen LogP contribution is -2.44. The number of aryl methyl sites for hydroxylation is 2. The number of piperazine rings is 1. The minimum atomic E-state index is -0.217. The van der Waals surface area contributed by atoms with Gasteiger partial charge in [0.1, 0.15) is 11.6 Å². The summed E-state index contributed by atoms with van der Waals surface area (Å²) in [4.78, 5) is 31.3. The molecule has 0 atom stereocenters. The van der Waals surface area contributed by atoms with E-state index in [1.54, 1.807) is 29.2 Å². The molecule has 1 amide bonds. The smallest absolute Gasteiger partial charge is 0.257 e. The van der Waals surface area contributed by atoms with E-state index in [1.165, 1.54) is 0 Å². The second-order valence-corrected chi connectivity index (χ2v) is 8.46. The van der Waals surface area contributed by atoms with Crippen LogP contribution in [0, 0.1) is 6.92 Å². The van der Waals surface area contributed by atoms with Crippen LogP contribution in [-0.4, -0.2) is 68.8 Å². The SMILES string of the molecule is Cc1cc(C(=O)Nc2cc3nc(-c4cnn(C)c4)ccc3cn2)cc(N2CCN(C)CC2)n1. The highest BCUT2D eigenvalue weighted by atomic mass is 16.1. The molecule has 1 aliphatic rings. The number of hydrogen-bond donors (Lipinski definition) is 1. The Morgan fingerprint density at radius 1 is 1.00 bits per heavy atom. The molecule has 9 heteroatoms.